The Kier molecular flexibility index (Phi) is 18.9. The van der Waals surface area contributed by atoms with Gasteiger partial charge in [0.05, 0.1) is 17.6 Å². The van der Waals surface area contributed by atoms with Crippen molar-refractivity contribution in [2.24, 2.45) is 11.5 Å². The van der Waals surface area contributed by atoms with Crippen LogP contribution in [0.2, 0.25) is 0 Å². The molecule has 0 rings (SSSR count). The van der Waals surface area contributed by atoms with Crippen LogP contribution in [0.15, 0.2) is 0 Å². The van der Waals surface area contributed by atoms with Crippen molar-refractivity contribution in [1.29, 1.82) is 0 Å². The highest BCUT2D eigenvalue weighted by Gasteiger charge is 2.24. The van der Waals surface area contributed by atoms with Gasteiger partial charge in [-0.2, -0.15) is 0 Å². The molecule has 4 amide bonds. The lowest BCUT2D eigenvalue weighted by Gasteiger charge is -2.17. The summed E-state index contributed by atoms with van der Waals surface area (Å²) in [6.45, 7) is 0.214. The number of amides is 4. The molecule has 12 N–H and O–H groups in total. The molecule has 218 valence electrons. The Morgan fingerprint density at radius 2 is 1.05 bits per heavy atom. The fraction of sp³-hybridized carbons (Fsp3) is 0.700. The van der Waals surface area contributed by atoms with E-state index in [1.54, 1.807) is 0 Å². The quantitative estimate of drug-likeness (QED) is 0.0567. The molecule has 38 heavy (non-hydrogen) atoms. The van der Waals surface area contributed by atoms with Crippen LogP contribution in [0, 0.1) is 0 Å². The number of carboxylic acid groups (broad SMARTS) is 2. The number of thioether (sulfide) groups is 2. The molecular formula is C20H36N6O10S2. The van der Waals surface area contributed by atoms with Crippen LogP contribution in [0.4, 0.5) is 0 Å². The van der Waals surface area contributed by atoms with Crippen molar-refractivity contribution in [3.8, 4) is 0 Å². The number of nitrogens with one attached hydrogen (secondary N) is 4. The maximum absolute atomic E-state index is 11.9. The van der Waals surface area contributed by atoms with Crippen molar-refractivity contribution >= 4 is 59.1 Å². The Balaban J connectivity index is 3.93. The van der Waals surface area contributed by atoms with Crippen molar-refractivity contribution in [2.45, 2.75) is 37.1 Å². The third-order valence-electron chi connectivity index (χ3n) is 4.51. The number of aliphatic carboxylic acids is 2. The van der Waals surface area contributed by atoms with Gasteiger partial charge >= 0.3 is 11.9 Å². The lowest BCUT2D eigenvalue weighted by atomic mass is 10.1. The molecule has 0 aliphatic rings. The molecule has 0 aliphatic heterocycles. The third-order valence-corrected chi connectivity index (χ3v) is 6.63. The minimum Gasteiger partial charge on any atom is -0.480 e. The van der Waals surface area contributed by atoms with Crippen molar-refractivity contribution < 1.29 is 49.2 Å². The summed E-state index contributed by atoms with van der Waals surface area (Å²) >= 11 is 2.10. The summed E-state index contributed by atoms with van der Waals surface area (Å²) < 4.78 is 0. The van der Waals surface area contributed by atoms with Crippen molar-refractivity contribution in [2.75, 3.05) is 49.2 Å². The van der Waals surface area contributed by atoms with Crippen LogP contribution in [0.25, 0.3) is 0 Å². The summed E-state index contributed by atoms with van der Waals surface area (Å²) in [4.78, 5) is 68.2. The summed E-state index contributed by atoms with van der Waals surface area (Å²) in [5.41, 5.74) is 10.6. The maximum atomic E-state index is 11.9. The fourth-order valence-corrected chi connectivity index (χ4v) is 4.00. The number of carboxylic acids is 2. The molecule has 0 aromatic carbocycles. The minimum atomic E-state index is -1.79. The van der Waals surface area contributed by atoms with Crippen LogP contribution in [-0.4, -0.2) is 129 Å². The predicted octanol–water partition coefficient (Wildman–Crippen LogP) is -4.76. The van der Waals surface area contributed by atoms with E-state index in [0.717, 1.165) is 23.5 Å². The fourth-order valence-electron chi connectivity index (χ4n) is 2.40. The monoisotopic (exact) mass is 584 g/mol. The smallest absolute Gasteiger partial charge is 0.321 e. The molecule has 0 heterocycles. The number of carbonyl (C=O) groups excluding carboxylic acids is 4. The molecule has 0 fully saturated rings. The van der Waals surface area contributed by atoms with Crippen LogP contribution in [0.5, 0.6) is 0 Å². The van der Waals surface area contributed by atoms with Crippen LogP contribution in [-0.2, 0) is 28.8 Å². The second kappa shape index (κ2) is 20.3. The van der Waals surface area contributed by atoms with E-state index in [9.17, 15) is 39.0 Å². The van der Waals surface area contributed by atoms with Crippen molar-refractivity contribution in [3.05, 3.63) is 0 Å². The summed E-state index contributed by atoms with van der Waals surface area (Å²) in [7, 11) is 0. The van der Waals surface area contributed by atoms with Gasteiger partial charge in [-0.25, -0.2) is 0 Å². The molecule has 0 bridgehead atoms. The number of aliphatic hydroxyl groups excluding tert-OH is 2. The standard InChI is InChI=1S/C20H36N6O10S2/c21-11(19(33)34)7-37-9-15(29)24-4-3-23-14(28)2-1-13(27)17(31)18(32)26-6-5-25-16(30)10-38-8-12(22)20(35)36/h11-13,17,27,31H,1-10,21-22H2,(H,23,28)(H,24,29)(H,25,30)(H,26,32)(H,33,34)(H,35,36)/t11?,12-,13-,17+/m1/s1. The molecule has 0 aromatic heterocycles. The summed E-state index contributed by atoms with van der Waals surface area (Å²) in [5, 5.41) is 47.0. The third kappa shape index (κ3) is 17.8. The second-order valence-corrected chi connectivity index (χ2v) is 9.87. The number of hydrogen-bond acceptors (Lipinski definition) is 12. The molecule has 0 aliphatic carbocycles. The Morgan fingerprint density at radius 1 is 0.658 bits per heavy atom. The normalized spacial score (nSPS) is 13.9. The highest BCUT2D eigenvalue weighted by Crippen LogP contribution is 2.04. The Labute approximate surface area is 227 Å². The number of nitrogens with two attached hydrogens (primary N) is 2. The van der Waals surface area contributed by atoms with Gasteiger partial charge in [0.2, 0.25) is 17.7 Å². The SMILES string of the molecule is NC(CSCC(=O)NCCNC(=O)CC[C@@H](O)[C@H](O)C(=O)NCCNC(=O)CSC[C@@H](N)C(=O)O)C(=O)O. The molecule has 0 radical (unpaired) electrons. The first-order valence-electron chi connectivity index (χ1n) is 11.4. The van der Waals surface area contributed by atoms with E-state index in [4.69, 9.17) is 21.7 Å². The Hall–Kier alpha value is -2.64. The predicted molar refractivity (Wildman–Crippen MR) is 139 cm³/mol. The molecule has 0 spiro atoms. The number of aliphatic hydroxyl groups is 2. The van der Waals surface area contributed by atoms with E-state index in [0.29, 0.717) is 0 Å². The van der Waals surface area contributed by atoms with E-state index in [1.807, 2.05) is 0 Å². The van der Waals surface area contributed by atoms with Crippen LogP contribution in [0.1, 0.15) is 12.8 Å². The minimum absolute atomic E-state index is 0.0102. The number of rotatable bonds is 21. The van der Waals surface area contributed by atoms with Gasteiger partial charge < -0.3 is 53.2 Å². The van der Waals surface area contributed by atoms with Gasteiger partial charge in [-0.1, -0.05) is 0 Å². The van der Waals surface area contributed by atoms with Gasteiger partial charge in [-0.3, -0.25) is 28.8 Å². The van der Waals surface area contributed by atoms with E-state index in [2.05, 4.69) is 21.3 Å². The summed E-state index contributed by atoms with van der Waals surface area (Å²) in [6, 6.07) is -2.14. The van der Waals surface area contributed by atoms with Gasteiger partial charge in [-0.15, -0.1) is 23.5 Å². The zero-order valence-electron chi connectivity index (χ0n) is 20.6. The van der Waals surface area contributed by atoms with E-state index in [-0.39, 0.29) is 67.9 Å². The van der Waals surface area contributed by atoms with Gasteiger partial charge in [0, 0.05) is 44.1 Å². The van der Waals surface area contributed by atoms with Crippen molar-refractivity contribution in [1.82, 2.24) is 21.3 Å². The first-order chi connectivity index (χ1) is 17.8. The maximum Gasteiger partial charge on any atom is 0.321 e. The highest BCUT2D eigenvalue weighted by molar-refractivity contribution is 8.00. The average Bonchev–Trinajstić information content (AvgIpc) is 2.86. The molecular weight excluding hydrogens is 548 g/mol. The van der Waals surface area contributed by atoms with Crippen LogP contribution >= 0.6 is 23.5 Å². The molecule has 18 heteroatoms. The number of carbonyl (C=O) groups is 6. The lowest BCUT2D eigenvalue weighted by molar-refractivity contribution is -0.138. The van der Waals surface area contributed by atoms with Crippen LogP contribution < -0.4 is 32.7 Å². The van der Waals surface area contributed by atoms with E-state index >= 15 is 0 Å². The zero-order chi connectivity index (χ0) is 29.1. The Morgan fingerprint density at radius 3 is 1.47 bits per heavy atom. The topological polar surface area (TPSA) is 284 Å². The highest BCUT2D eigenvalue weighted by atomic mass is 32.2. The molecule has 0 saturated carbocycles. The first kappa shape index (κ1) is 35.4. The van der Waals surface area contributed by atoms with E-state index in [1.165, 1.54) is 0 Å². The molecule has 16 nitrogen and oxygen atoms in total. The van der Waals surface area contributed by atoms with Gasteiger partial charge in [0.15, 0.2) is 6.10 Å². The largest absolute Gasteiger partial charge is 0.480 e. The molecule has 4 atom stereocenters. The summed E-state index contributed by atoms with van der Waals surface area (Å²) in [6.07, 6.45) is -3.71. The first-order valence-corrected chi connectivity index (χ1v) is 13.7. The van der Waals surface area contributed by atoms with Crippen LogP contribution in [0.3, 0.4) is 0 Å². The Bertz CT molecular complexity index is 806. The average molecular weight is 585 g/mol. The zero-order valence-corrected chi connectivity index (χ0v) is 22.2. The second-order valence-electron chi connectivity index (χ2n) is 7.81. The van der Waals surface area contributed by atoms with Gasteiger partial charge in [0.25, 0.3) is 5.91 Å². The molecule has 0 saturated heterocycles. The lowest BCUT2D eigenvalue weighted by Crippen LogP contribution is -2.45. The summed E-state index contributed by atoms with van der Waals surface area (Å²) in [5.74, 6) is -4.31. The van der Waals surface area contributed by atoms with Crippen molar-refractivity contribution in [3.63, 3.8) is 0 Å². The van der Waals surface area contributed by atoms with E-state index < -0.39 is 54.0 Å². The molecule has 0 aromatic rings. The van der Waals surface area contributed by atoms with Gasteiger partial charge in [0.1, 0.15) is 12.1 Å². The number of hydrogen-bond donors (Lipinski definition) is 10. The molecule has 1 unspecified atom stereocenters. The van der Waals surface area contributed by atoms with Gasteiger partial charge in [-0.05, 0) is 6.42 Å².